The van der Waals surface area contributed by atoms with Crippen LogP contribution in [0, 0.1) is 0 Å². The standard InChI is InChI=1S/C27H22ClN3O4/c28-27-29-23-12-13-35-16-22(23)25(30-27)18-6-8-19(9-7-18)31(15-17-4-2-1-3-5-17)26(34)21-11-10-20(32)14-24(21)33/h1-11,14,32-33H,12-13,15-16H2. The fourth-order valence-corrected chi connectivity index (χ4v) is 4.32. The number of carbonyl (C=O) groups is 1. The topological polar surface area (TPSA) is 95.8 Å². The average molecular weight is 488 g/mol. The Balaban J connectivity index is 1.52. The predicted octanol–water partition coefficient (Wildman–Crippen LogP) is 5.13. The first-order valence-corrected chi connectivity index (χ1v) is 11.5. The van der Waals surface area contributed by atoms with Crippen molar-refractivity contribution in [2.75, 3.05) is 11.5 Å². The molecule has 0 spiro atoms. The fourth-order valence-electron chi connectivity index (χ4n) is 4.13. The Kier molecular flexibility index (Phi) is 6.35. The summed E-state index contributed by atoms with van der Waals surface area (Å²) >= 11 is 6.18. The van der Waals surface area contributed by atoms with Gasteiger partial charge in [0.1, 0.15) is 11.5 Å². The summed E-state index contributed by atoms with van der Waals surface area (Å²) in [5.74, 6) is -0.796. The molecule has 5 rings (SSSR count). The Bertz CT molecular complexity index is 1380. The normalized spacial score (nSPS) is 12.7. The van der Waals surface area contributed by atoms with Gasteiger partial charge in [0.05, 0.1) is 36.7 Å². The number of ether oxygens (including phenoxy) is 1. The molecule has 2 N–H and O–H groups in total. The molecule has 7 nitrogen and oxygen atoms in total. The van der Waals surface area contributed by atoms with Crippen molar-refractivity contribution in [3.63, 3.8) is 0 Å². The van der Waals surface area contributed by atoms with Gasteiger partial charge in [0, 0.05) is 29.3 Å². The van der Waals surface area contributed by atoms with Crippen LogP contribution in [0.3, 0.4) is 0 Å². The van der Waals surface area contributed by atoms with Gasteiger partial charge in [0.25, 0.3) is 5.91 Å². The maximum absolute atomic E-state index is 13.5. The Hall–Kier alpha value is -3.94. The molecule has 1 aromatic heterocycles. The quantitative estimate of drug-likeness (QED) is 0.379. The van der Waals surface area contributed by atoms with E-state index in [2.05, 4.69) is 9.97 Å². The Morgan fingerprint density at radius 3 is 2.51 bits per heavy atom. The number of rotatable bonds is 5. The molecule has 0 fully saturated rings. The summed E-state index contributed by atoms with van der Waals surface area (Å²) in [6.45, 7) is 1.31. The minimum absolute atomic E-state index is 0.0941. The highest BCUT2D eigenvalue weighted by Crippen LogP contribution is 2.32. The molecule has 0 radical (unpaired) electrons. The van der Waals surface area contributed by atoms with Crippen molar-refractivity contribution in [2.45, 2.75) is 19.6 Å². The van der Waals surface area contributed by atoms with Gasteiger partial charge in [0.2, 0.25) is 5.28 Å². The molecule has 3 aromatic carbocycles. The summed E-state index contributed by atoms with van der Waals surface area (Å²) in [6.07, 6.45) is 0.679. The van der Waals surface area contributed by atoms with Gasteiger partial charge in [-0.2, -0.15) is 0 Å². The van der Waals surface area contributed by atoms with E-state index in [1.165, 1.54) is 12.1 Å². The van der Waals surface area contributed by atoms with Crippen molar-refractivity contribution in [1.29, 1.82) is 0 Å². The molecule has 0 saturated carbocycles. The van der Waals surface area contributed by atoms with Crippen LogP contribution in [0.15, 0.2) is 72.8 Å². The molecule has 0 unspecified atom stereocenters. The molecule has 1 aliphatic heterocycles. The lowest BCUT2D eigenvalue weighted by Crippen LogP contribution is -2.30. The van der Waals surface area contributed by atoms with Gasteiger partial charge in [-0.3, -0.25) is 4.79 Å². The van der Waals surface area contributed by atoms with E-state index in [1.54, 1.807) is 4.90 Å². The number of anilines is 1. The van der Waals surface area contributed by atoms with Gasteiger partial charge in [0.15, 0.2) is 0 Å². The molecule has 4 aromatic rings. The van der Waals surface area contributed by atoms with E-state index in [1.807, 2.05) is 54.6 Å². The molecular weight excluding hydrogens is 466 g/mol. The van der Waals surface area contributed by atoms with Gasteiger partial charge in [-0.25, -0.2) is 9.97 Å². The predicted molar refractivity (Wildman–Crippen MR) is 133 cm³/mol. The Labute approximate surface area is 207 Å². The molecular formula is C27H22ClN3O4. The number of phenolic OH excluding ortho intramolecular Hbond substituents is 2. The average Bonchev–Trinajstić information content (AvgIpc) is 2.87. The van der Waals surface area contributed by atoms with E-state index < -0.39 is 5.91 Å². The second-order valence-electron chi connectivity index (χ2n) is 8.19. The monoisotopic (exact) mass is 487 g/mol. The number of phenols is 2. The highest BCUT2D eigenvalue weighted by molar-refractivity contribution is 6.28. The van der Waals surface area contributed by atoms with Gasteiger partial charge in [-0.1, -0.05) is 42.5 Å². The van der Waals surface area contributed by atoms with E-state index in [0.717, 1.165) is 28.5 Å². The maximum Gasteiger partial charge on any atom is 0.262 e. The van der Waals surface area contributed by atoms with Gasteiger partial charge >= 0.3 is 0 Å². The number of aromatic hydroxyl groups is 2. The van der Waals surface area contributed by atoms with Gasteiger partial charge in [-0.05, 0) is 41.4 Å². The minimum atomic E-state index is -0.394. The van der Waals surface area contributed by atoms with Crippen molar-refractivity contribution < 1.29 is 19.7 Å². The number of amides is 1. The van der Waals surface area contributed by atoms with E-state index in [-0.39, 0.29) is 22.3 Å². The maximum atomic E-state index is 13.5. The molecule has 176 valence electrons. The van der Waals surface area contributed by atoms with Crippen molar-refractivity contribution in [1.82, 2.24) is 9.97 Å². The number of halogens is 1. The molecule has 0 aliphatic carbocycles. The molecule has 35 heavy (non-hydrogen) atoms. The molecule has 2 heterocycles. The third-order valence-corrected chi connectivity index (χ3v) is 6.06. The zero-order valence-corrected chi connectivity index (χ0v) is 19.4. The Morgan fingerprint density at radius 1 is 1.00 bits per heavy atom. The SMILES string of the molecule is O=C(c1ccc(O)cc1O)N(Cc1ccccc1)c1ccc(-c2nc(Cl)nc3c2COCC3)cc1. The van der Waals surface area contributed by atoms with E-state index in [0.29, 0.717) is 37.6 Å². The molecule has 1 aliphatic rings. The van der Waals surface area contributed by atoms with Crippen LogP contribution in [-0.4, -0.2) is 32.7 Å². The van der Waals surface area contributed by atoms with Gasteiger partial charge < -0.3 is 19.8 Å². The van der Waals surface area contributed by atoms with E-state index in [4.69, 9.17) is 16.3 Å². The first-order valence-electron chi connectivity index (χ1n) is 11.1. The zero-order chi connectivity index (χ0) is 24.4. The van der Waals surface area contributed by atoms with Crippen LogP contribution in [0.4, 0.5) is 5.69 Å². The van der Waals surface area contributed by atoms with Crippen LogP contribution in [0.1, 0.15) is 27.2 Å². The largest absolute Gasteiger partial charge is 0.508 e. The minimum Gasteiger partial charge on any atom is -0.508 e. The lowest BCUT2D eigenvalue weighted by molar-refractivity contribution is 0.0982. The molecule has 0 atom stereocenters. The highest BCUT2D eigenvalue weighted by atomic mass is 35.5. The summed E-state index contributed by atoms with van der Waals surface area (Å²) in [5.41, 5.74) is 5.01. The highest BCUT2D eigenvalue weighted by Gasteiger charge is 2.23. The third kappa shape index (κ3) is 4.82. The zero-order valence-electron chi connectivity index (χ0n) is 18.7. The number of hydrogen-bond donors (Lipinski definition) is 2. The third-order valence-electron chi connectivity index (χ3n) is 5.89. The van der Waals surface area contributed by atoms with Crippen LogP contribution in [0.25, 0.3) is 11.3 Å². The van der Waals surface area contributed by atoms with Crippen molar-refractivity contribution in [3.05, 3.63) is 100 Å². The number of aromatic nitrogens is 2. The number of benzene rings is 3. The number of carbonyl (C=O) groups excluding carboxylic acids is 1. The van der Waals surface area contributed by atoms with Gasteiger partial charge in [-0.15, -0.1) is 0 Å². The van der Waals surface area contributed by atoms with Crippen molar-refractivity contribution in [3.8, 4) is 22.8 Å². The van der Waals surface area contributed by atoms with Crippen molar-refractivity contribution in [2.24, 2.45) is 0 Å². The molecule has 1 amide bonds. The summed E-state index contributed by atoms with van der Waals surface area (Å²) in [5, 5.41) is 20.1. The van der Waals surface area contributed by atoms with E-state index >= 15 is 0 Å². The van der Waals surface area contributed by atoms with Crippen LogP contribution in [-0.2, 0) is 24.3 Å². The number of fused-ring (bicyclic) bond motifs is 1. The van der Waals surface area contributed by atoms with Crippen LogP contribution < -0.4 is 4.90 Å². The molecule has 8 heteroatoms. The molecule has 0 saturated heterocycles. The fraction of sp³-hybridized carbons (Fsp3) is 0.148. The summed E-state index contributed by atoms with van der Waals surface area (Å²) in [4.78, 5) is 23.9. The Morgan fingerprint density at radius 2 is 1.77 bits per heavy atom. The summed E-state index contributed by atoms with van der Waals surface area (Å²) in [6, 6.07) is 21.0. The first-order chi connectivity index (χ1) is 17.0. The lowest BCUT2D eigenvalue weighted by atomic mass is 10.0. The van der Waals surface area contributed by atoms with E-state index in [9.17, 15) is 15.0 Å². The smallest absolute Gasteiger partial charge is 0.262 e. The molecule has 0 bridgehead atoms. The van der Waals surface area contributed by atoms with Crippen LogP contribution in [0.5, 0.6) is 11.5 Å². The van der Waals surface area contributed by atoms with Crippen molar-refractivity contribution >= 4 is 23.2 Å². The number of nitrogens with zero attached hydrogens (tertiary/aromatic N) is 3. The van der Waals surface area contributed by atoms with Crippen LogP contribution >= 0.6 is 11.6 Å². The summed E-state index contributed by atoms with van der Waals surface area (Å²) in [7, 11) is 0. The van der Waals surface area contributed by atoms with Crippen LogP contribution in [0.2, 0.25) is 5.28 Å². The summed E-state index contributed by atoms with van der Waals surface area (Å²) < 4.78 is 5.61. The lowest BCUT2D eigenvalue weighted by Gasteiger charge is -2.24. The second kappa shape index (κ2) is 9.74. The number of hydrogen-bond acceptors (Lipinski definition) is 6. The first kappa shape index (κ1) is 22.8. The second-order valence-corrected chi connectivity index (χ2v) is 8.53.